The van der Waals surface area contributed by atoms with Crippen molar-refractivity contribution in [3.8, 4) is 86.3 Å². The van der Waals surface area contributed by atoms with Crippen molar-refractivity contribution in [2.24, 2.45) is 0 Å². The molecule has 0 aliphatic rings. The summed E-state index contributed by atoms with van der Waals surface area (Å²) in [6, 6.07) is 95.0. The lowest BCUT2D eigenvalue weighted by molar-refractivity contribution is 1.59. The lowest BCUT2D eigenvalue weighted by Gasteiger charge is -2.09. The number of hydrogen-bond acceptors (Lipinski definition) is 4. The number of thiophene rings is 4. The van der Waals surface area contributed by atoms with E-state index in [-0.39, 0.29) is 0 Å². The van der Waals surface area contributed by atoms with Crippen molar-refractivity contribution in [3.63, 3.8) is 0 Å². The molecule has 12 aromatic carbocycles. The molecule has 4 heteroatoms. The van der Waals surface area contributed by atoms with Crippen LogP contribution < -0.4 is 0 Å². The van der Waals surface area contributed by atoms with Crippen molar-refractivity contribution >= 4 is 119 Å². The first-order valence-corrected chi connectivity index (χ1v) is 29.8. The average Bonchev–Trinajstić information content (AvgIpc) is 4.51. The first-order valence-electron chi connectivity index (χ1n) is 26.4. The summed E-state index contributed by atoms with van der Waals surface area (Å²) < 4.78 is 2.63. The molecule has 0 aliphatic heterocycles. The van der Waals surface area contributed by atoms with Gasteiger partial charge in [0, 0.05) is 50.5 Å². The maximum absolute atomic E-state index is 2.40. The molecule has 0 nitrogen and oxygen atoms in total. The molecule has 0 saturated carbocycles. The lowest BCUT2D eigenvalue weighted by atomic mass is 9.94. The van der Waals surface area contributed by atoms with Crippen LogP contribution in [0.2, 0.25) is 0 Å². The van der Waals surface area contributed by atoms with Gasteiger partial charge in [-0.25, -0.2) is 0 Å². The Morgan fingerprint density at radius 2 is 0.449 bits per heavy atom. The molecule has 0 N–H and O–H groups in total. The van der Waals surface area contributed by atoms with Gasteiger partial charge in [0.1, 0.15) is 0 Å². The first-order chi connectivity index (χ1) is 38.6. The SMILES string of the molecule is c1ccc2c(-c3ccc(-c4ccc(-c5ccc(-c6cc7c(ccc8c7ccc7c9ccc%10sc(-c%11ccc(-c%12ccc(-c%13ccc(-c%14scc%15ccccc%14%15)cc%13)cc%12)cc%11)cc%10c9ccc87)s6)cc5)cc4)cc3)scc2c1. The predicted octanol–water partition coefficient (Wildman–Crippen LogP) is 23.3. The standard InChI is InChI=1S/C74H44S4/c1-3-7-59-57(5-1)43-75-73(59)55-29-21-51(22-30-55)47-13-9-45(10-14-47)49-17-25-53(26-18-49)71-41-67-65-35-33-62-61(63(65)37-39-69(67)77-71)34-36-66-64(62)38-40-70-68(66)42-72(78-70)54-27-19-50(20-28-54)46-11-15-48(16-12-46)52-23-31-56(32-24-52)74-60-8-4-2-6-58(60)44-76-74/h1-44H. The van der Waals surface area contributed by atoms with E-state index in [0.717, 1.165) is 0 Å². The molecule has 364 valence electrons. The zero-order valence-electron chi connectivity index (χ0n) is 42.0. The molecular formula is C74H44S4. The molecular weight excluding hydrogens is 1020 g/mol. The van der Waals surface area contributed by atoms with Gasteiger partial charge < -0.3 is 0 Å². The van der Waals surface area contributed by atoms with Gasteiger partial charge in [-0.1, -0.05) is 231 Å². The molecule has 0 bridgehead atoms. The normalized spacial score (nSPS) is 11.8. The third kappa shape index (κ3) is 7.75. The number of benzene rings is 12. The van der Waals surface area contributed by atoms with E-state index in [2.05, 4.69) is 266 Å². The average molecular weight is 1060 g/mol. The van der Waals surface area contributed by atoms with Gasteiger partial charge in [0.05, 0.1) is 0 Å². The van der Waals surface area contributed by atoms with Crippen LogP contribution in [0.1, 0.15) is 0 Å². The molecule has 78 heavy (non-hydrogen) atoms. The van der Waals surface area contributed by atoms with Crippen molar-refractivity contribution in [1.82, 2.24) is 0 Å². The first kappa shape index (κ1) is 45.5. The summed E-state index contributed by atoms with van der Waals surface area (Å²) in [5, 5.41) is 20.2. The van der Waals surface area contributed by atoms with Crippen molar-refractivity contribution in [2.45, 2.75) is 0 Å². The Bertz CT molecular complexity index is 4630. The largest absolute Gasteiger partial charge is 0.143 e. The van der Waals surface area contributed by atoms with Crippen molar-refractivity contribution in [2.75, 3.05) is 0 Å². The third-order valence-electron chi connectivity index (χ3n) is 15.9. The monoisotopic (exact) mass is 1060 g/mol. The van der Waals surface area contributed by atoms with Crippen LogP contribution in [0.5, 0.6) is 0 Å². The van der Waals surface area contributed by atoms with Gasteiger partial charge in [-0.2, -0.15) is 0 Å². The Balaban J connectivity index is 0.624. The Kier molecular flexibility index (Phi) is 10.8. The molecule has 0 saturated heterocycles. The molecule has 0 atom stereocenters. The number of hydrogen-bond donors (Lipinski definition) is 0. The van der Waals surface area contributed by atoms with E-state index in [1.54, 1.807) is 0 Å². The summed E-state index contributed by atoms with van der Waals surface area (Å²) >= 11 is 7.39. The highest BCUT2D eigenvalue weighted by Gasteiger charge is 2.16. The van der Waals surface area contributed by atoms with E-state index in [4.69, 9.17) is 0 Å². The number of fused-ring (bicyclic) bond motifs is 11. The topological polar surface area (TPSA) is 0 Å². The number of rotatable bonds is 8. The van der Waals surface area contributed by atoms with Gasteiger partial charge in [-0.3, -0.25) is 0 Å². The minimum atomic E-state index is 1.22. The Labute approximate surface area is 467 Å². The smallest absolute Gasteiger partial charge is 0.0421 e. The lowest BCUT2D eigenvalue weighted by Crippen LogP contribution is -1.82. The minimum Gasteiger partial charge on any atom is -0.143 e. The Hall–Kier alpha value is -8.74. The van der Waals surface area contributed by atoms with E-state index in [1.807, 2.05) is 45.3 Å². The van der Waals surface area contributed by atoms with E-state index >= 15 is 0 Å². The third-order valence-corrected chi connectivity index (χ3v) is 20.4. The fourth-order valence-electron chi connectivity index (χ4n) is 11.8. The summed E-state index contributed by atoms with van der Waals surface area (Å²) in [6.07, 6.45) is 0. The van der Waals surface area contributed by atoms with Crippen LogP contribution in [-0.2, 0) is 0 Å². The van der Waals surface area contributed by atoms with Gasteiger partial charge >= 0.3 is 0 Å². The summed E-state index contributed by atoms with van der Waals surface area (Å²) in [7, 11) is 0. The van der Waals surface area contributed by atoms with Crippen molar-refractivity contribution in [1.29, 1.82) is 0 Å². The molecule has 0 radical (unpaired) electrons. The zero-order chi connectivity index (χ0) is 51.3. The molecule has 0 amide bonds. The van der Waals surface area contributed by atoms with Crippen molar-refractivity contribution in [3.05, 3.63) is 266 Å². The molecule has 4 heterocycles. The van der Waals surface area contributed by atoms with Crippen LogP contribution in [0, 0.1) is 0 Å². The van der Waals surface area contributed by atoms with Crippen LogP contribution in [0.15, 0.2) is 266 Å². The molecule has 4 aromatic heterocycles. The zero-order valence-corrected chi connectivity index (χ0v) is 45.3. The quantitative estimate of drug-likeness (QED) is 0.133. The van der Waals surface area contributed by atoms with Crippen LogP contribution >= 0.6 is 45.3 Å². The van der Waals surface area contributed by atoms with Gasteiger partial charge in [0.25, 0.3) is 0 Å². The maximum atomic E-state index is 2.40. The second kappa shape index (κ2) is 18.5. The second-order valence-electron chi connectivity index (χ2n) is 20.4. The van der Waals surface area contributed by atoms with Crippen LogP contribution in [0.4, 0.5) is 0 Å². The molecule has 0 unspecified atom stereocenters. The summed E-state index contributed by atoms with van der Waals surface area (Å²) in [5.41, 5.74) is 14.8. The Morgan fingerprint density at radius 1 is 0.192 bits per heavy atom. The minimum absolute atomic E-state index is 1.22. The highest BCUT2D eigenvalue weighted by atomic mass is 32.1. The van der Waals surface area contributed by atoms with Gasteiger partial charge in [-0.05, 0) is 145 Å². The fraction of sp³-hybridized carbons (Fsp3) is 0. The van der Waals surface area contributed by atoms with Gasteiger partial charge in [0.2, 0.25) is 0 Å². The highest BCUT2D eigenvalue weighted by molar-refractivity contribution is 7.22. The van der Waals surface area contributed by atoms with E-state index < -0.39 is 0 Å². The van der Waals surface area contributed by atoms with Crippen LogP contribution in [-0.4, -0.2) is 0 Å². The summed E-state index contributed by atoms with van der Waals surface area (Å²) in [4.78, 5) is 5.24. The molecule has 16 rings (SSSR count). The fourth-order valence-corrected chi connectivity index (χ4v) is 16.0. The second-order valence-corrected chi connectivity index (χ2v) is 24.3. The predicted molar refractivity (Wildman–Crippen MR) is 344 cm³/mol. The van der Waals surface area contributed by atoms with Gasteiger partial charge in [0.15, 0.2) is 0 Å². The van der Waals surface area contributed by atoms with E-state index in [1.165, 1.54) is 160 Å². The van der Waals surface area contributed by atoms with Crippen LogP contribution in [0.25, 0.3) is 160 Å². The summed E-state index contributed by atoms with van der Waals surface area (Å²) in [5.74, 6) is 0. The molecule has 16 aromatic rings. The Morgan fingerprint density at radius 3 is 0.769 bits per heavy atom. The molecule has 0 spiro atoms. The maximum Gasteiger partial charge on any atom is 0.0421 e. The molecule has 0 fully saturated rings. The van der Waals surface area contributed by atoms with Crippen LogP contribution in [0.3, 0.4) is 0 Å². The van der Waals surface area contributed by atoms with Gasteiger partial charge in [-0.15, -0.1) is 45.3 Å². The highest BCUT2D eigenvalue weighted by Crippen LogP contribution is 2.45. The van der Waals surface area contributed by atoms with E-state index in [9.17, 15) is 0 Å². The van der Waals surface area contributed by atoms with Crippen molar-refractivity contribution < 1.29 is 0 Å². The molecule has 0 aliphatic carbocycles. The van der Waals surface area contributed by atoms with E-state index in [0.29, 0.717) is 0 Å². The summed E-state index contributed by atoms with van der Waals surface area (Å²) in [6.45, 7) is 0.